The normalized spacial score (nSPS) is 26.3. The Balaban J connectivity index is 2.39. The van der Waals surface area contributed by atoms with Crippen molar-refractivity contribution < 1.29 is 10.2 Å². The summed E-state index contributed by atoms with van der Waals surface area (Å²) >= 11 is 0. The molecule has 0 spiro atoms. The highest BCUT2D eigenvalue weighted by Gasteiger charge is 2.27. The summed E-state index contributed by atoms with van der Waals surface area (Å²) in [7, 11) is 0. The van der Waals surface area contributed by atoms with Crippen molar-refractivity contribution in [2.75, 3.05) is 13.1 Å². The van der Waals surface area contributed by atoms with Gasteiger partial charge >= 0.3 is 0 Å². The van der Waals surface area contributed by atoms with E-state index in [1.54, 1.807) is 0 Å². The largest absolute Gasteiger partial charge is 0.392 e. The van der Waals surface area contributed by atoms with Crippen molar-refractivity contribution in [3.63, 3.8) is 0 Å². The number of rotatable bonds is 6. The standard InChI is InChI=1S/C13H25NO2/c1-3-4-7-12(16)10-14-9-6-5-8-13(14)11(2)15/h3,11-13,15-16H,1,4-10H2,2H3. The third-order valence-electron chi connectivity index (χ3n) is 3.37. The van der Waals surface area contributed by atoms with E-state index in [0.29, 0.717) is 6.54 Å². The molecule has 1 aliphatic rings. The van der Waals surface area contributed by atoms with Gasteiger partial charge in [0, 0.05) is 12.6 Å². The number of hydrogen-bond acceptors (Lipinski definition) is 3. The fraction of sp³-hybridized carbons (Fsp3) is 0.846. The van der Waals surface area contributed by atoms with Gasteiger partial charge in [0.1, 0.15) is 0 Å². The number of aliphatic hydroxyl groups is 2. The van der Waals surface area contributed by atoms with Crippen LogP contribution in [0.25, 0.3) is 0 Å². The first kappa shape index (κ1) is 13.7. The minimum absolute atomic E-state index is 0.229. The Bertz CT molecular complexity index is 206. The highest BCUT2D eigenvalue weighted by atomic mass is 16.3. The molecule has 0 radical (unpaired) electrons. The zero-order chi connectivity index (χ0) is 12.0. The Labute approximate surface area is 98.8 Å². The predicted octanol–water partition coefficient (Wildman–Crippen LogP) is 1.55. The van der Waals surface area contributed by atoms with Gasteiger partial charge in [0.05, 0.1) is 12.2 Å². The van der Waals surface area contributed by atoms with Gasteiger partial charge in [-0.25, -0.2) is 0 Å². The fourth-order valence-corrected chi connectivity index (χ4v) is 2.46. The molecule has 2 N–H and O–H groups in total. The third kappa shape index (κ3) is 4.24. The summed E-state index contributed by atoms with van der Waals surface area (Å²) in [5, 5.41) is 19.6. The number of aliphatic hydroxyl groups excluding tert-OH is 2. The third-order valence-corrected chi connectivity index (χ3v) is 3.37. The monoisotopic (exact) mass is 227 g/mol. The lowest BCUT2D eigenvalue weighted by Crippen LogP contribution is -2.48. The second-order valence-corrected chi connectivity index (χ2v) is 4.82. The van der Waals surface area contributed by atoms with Crippen LogP contribution < -0.4 is 0 Å². The van der Waals surface area contributed by atoms with Crippen molar-refractivity contribution in [1.29, 1.82) is 0 Å². The molecule has 0 aromatic rings. The molecule has 0 amide bonds. The molecule has 3 nitrogen and oxygen atoms in total. The molecule has 1 fully saturated rings. The molecular weight excluding hydrogens is 202 g/mol. The first-order valence-electron chi connectivity index (χ1n) is 6.36. The molecule has 16 heavy (non-hydrogen) atoms. The summed E-state index contributed by atoms with van der Waals surface area (Å²) in [4.78, 5) is 2.24. The van der Waals surface area contributed by atoms with Crippen molar-refractivity contribution in [2.24, 2.45) is 0 Å². The predicted molar refractivity (Wildman–Crippen MR) is 66.3 cm³/mol. The Kier molecular flexibility index (Phi) is 6.03. The van der Waals surface area contributed by atoms with Gasteiger partial charge in [-0.2, -0.15) is 0 Å². The lowest BCUT2D eigenvalue weighted by atomic mass is 9.97. The van der Waals surface area contributed by atoms with Gasteiger partial charge in [-0.3, -0.25) is 4.90 Å². The number of β-amino-alcohol motifs (C(OH)–C–C–N with tert-alkyl or cyclic N) is 1. The number of likely N-dealkylation sites (tertiary alicyclic amines) is 1. The molecule has 3 atom stereocenters. The Morgan fingerprint density at radius 1 is 1.44 bits per heavy atom. The molecule has 3 heteroatoms. The van der Waals surface area contributed by atoms with Crippen LogP contribution in [-0.4, -0.2) is 46.5 Å². The van der Waals surface area contributed by atoms with E-state index in [2.05, 4.69) is 11.5 Å². The van der Waals surface area contributed by atoms with Crippen LogP contribution in [-0.2, 0) is 0 Å². The van der Waals surface area contributed by atoms with Crippen LogP contribution in [0.4, 0.5) is 0 Å². The van der Waals surface area contributed by atoms with Crippen molar-refractivity contribution in [1.82, 2.24) is 4.90 Å². The van der Waals surface area contributed by atoms with Gasteiger partial charge in [0.2, 0.25) is 0 Å². The molecule has 94 valence electrons. The average Bonchev–Trinajstić information content (AvgIpc) is 2.27. The van der Waals surface area contributed by atoms with E-state index in [4.69, 9.17) is 0 Å². The molecule has 0 aromatic heterocycles. The highest BCUT2D eigenvalue weighted by molar-refractivity contribution is 4.82. The number of piperidine rings is 1. The molecule has 1 rings (SSSR count). The Morgan fingerprint density at radius 2 is 2.19 bits per heavy atom. The van der Waals surface area contributed by atoms with Crippen molar-refractivity contribution in [3.05, 3.63) is 12.7 Å². The van der Waals surface area contributed by atoms with Crippen molar-refractivity contribution >= 4 is 0 Å². The van der Waals surface area contributed by atoms with E-state index >= 15 is 0 Å². The van der Waals surface area contributed by atoms with Crippen LogP contribution in [0.2, 0.25) is 0 Å². The number of nitrogens with zero attached hydrogens (tertiary/aromatic N) is 1. The minimum Gasteiger partial charge on any atom is -0.392 e. The summed E-state index contributed by atoms with van der Waals surface area (Å²) in [5.74, 6) is 0. The maximum atomic E-state index is 9.86. The molecule has 0 bridgehead atoms. The second kappa shape index (κ2) is 7.05. The second-order valence-electron chi connectivity index (χ2n) is 4.82. The van der Waals surface area contributed by atoms with Gasteiger partial charge in [0.25, 0.3) is 0 Å². The lowest BCUT2D eigenvalue weighted by Gasteiger charge is -2.38. The van der Waals surface area contributed by atoms with E-state index in [1.165, 1.54) is 12.8 Å². The van der Waals surface area contributed by atoms with E-state index in [-0.39, 0.29) is 18.2 Å². The smallest absolute Gasteiger partial charge is 0.0670 e. The topological polar surface area (TPSA) is 43.7 Å². The first-order valence-corrected chi connectivity index (χ1v) is 6.36. The summed E-state index contributed by atoms with van der Waals surface area (Å²) in [6.07, 6.45) is 6.29. The molecule has 1 heterocycles. The van der Waals surface area contributed by atoms with Crippen molar-refractivity contribution in [2.45, 2.75) is 57.3 Å². The van der Waals surface area contributed by atoms with E-state index < -0.39 is 0 Å². The van der Waals surface area contributed by atoms with Crippen LogP contribution in [0.1, 0.15) is 39.0 Å². The number of hydrogen-bond donors (Lipinski definition) is 2. The summed E-state index contributed by atoms with van der Waals surface area (Å²) in [5.41, 5.74) is 0. The Morgan fingerprint density at radius 3 is 2.81 bits per heavy atom. The quantitative estimate of drug-likeness (QED) is 0.677. The maximum Gasteiger partial charge on any atom is 0.0670 e. The zero-order valence-corrected chi connectivity index (χ0v) is 10.3. The van der Waals surface area contributed by atoms with Crippen LogP contribution in [0, 0.1) is 0 Å². The highest BCUT2D eigenvalue weighted by Crippen LogP contribution is 2.20. The molecule has 1 aliphatic heterocycles. The SMILES string of the molecule is C=CCCC(O)CN1CCCCC1C(C)O. The van der Waals surface area contributed by atoms with E-state index in [1.807, 2.05) is 13.0 Å². The molecule has 1 saturated heterocycles. The van der Waals surface area contributed by atoms with Crippen LogP contribution in [0.15, 0.2) is 12.7 Å². The van der Waals surface area contributed by atoms with Crippen molar-refractivity contribution in [3.8, 4) is 0 Å². The molecule has 0 saturated carbocycles. The van der Waals surface area contributed by atoms with Crippen LogP contribution >= 0.6 is 0 Å². The van der Waals surface area contributed by atoms with Gasteiger partial charge < -0.3 is 10.2 Å². The lowest BCUT2D eigenvalue weighted by molar-refractivity contribution is 0.00666. The fourth-order valence-electron chi connectivity index (χ4n) is 2.46. The maximum absolute atomic E-state index is 9.86. The van der Waals surface area contributed by atoms with Crippen LogP contribution in [0.5, 0.6) is 0 Å². The van der Waals surface area contributed by atoms with Gasteiger partial charge in [-0.05, 0) is 39.2 Å². The van der Waals surface area contributed by atoms with Crippen LogP contribution in [0.3, 0.4) is 0 Å². The summed E-state index contributed by atoms with van der Waals surface area (Å²) < 4.78 is 0. The average molecular weight is 227 g/mol. The van der Waals surface area contributed by atoms with Gasteiger partial charge in [-0.15, -0.1) is 6.58 Å². The van der Waals surface area contributed by atoms with E-state index in [9.17, 15) is 10.2 Å². The molecule has 0 aliphatic carbocycles. The molecule has 3 unspecified atom stereocenters. The summed E-state index contributed by atoms with van der Waals surface area (Å²) in [6.45, 7) is 7.19. The van der Waals surface area contributed by atoms with E-state index in [0.717, 1.165) is 25.8 Å². The first-order chi connectivity index (χ1) is 7.65. The summed E-state index contributed by atoms with van der Waals surface area (Å²) in [6, 6.07) is 0.229. The molecule has 0 aromatic carbocycles. The minimum atomic E-state index is -0.299. The number of allylic oxidation sites excluding steroid dienone is 1. The zero-order valence-electron chi connectivity index (χ0n) is 10.3. The van der Waals surface area contributed by atoms with Gasteiger partial charge in [-0.1, -0.05) is 12.5 Å². The van der Waals surface area contributed by atoms with Gasteiger partial charge in [0.15, 0.2) is 0 Å². The molecular formula is C13H25NO2. The Hall–Kier alpha value is -0.380.